The summed E-state index contributed by atoms with van der Waals surface area (Å²) >= 11 is 0. The fraction of sp³-hybridized carbons (Fsp3) is 0.667. The van der Waals surface area contributed by atoms with Crippen molar-refractivity contribution in [3.05, 3.63) is 12.7 Å². The van der Waals surface area contributed by atoms with Crippen LogP contribution in [0.4, 0.5) is 0 Å². The highest BCUT2D eigenvalue weighted by atomic mass is 31.2. The first-order valence-corrected chi connectivity index (χ1v) is 4.59. The first-order valence-electron chi connectivity index (χ1n) is 2.98. The van der Waals surface area contributed by atoms with Crippen LogP contribution >= 0.6 is 7.60 Å². The van der Waals surface area contributed by atoms with Crippen LogP contribution in [-0.2, 0) is 4.57 Å². The fourth-order valence-electron chi connectivity index (χ4n) is 0.472. The second-order valence-corrected chi connectivity index (χ2v) is 5.15. The average Bonchev–Trinajstić information content (AvgIpc) is 1.61. The van der Waals surface area contributed by atoms with E-state index in [1.165, 1.54) is 19.9 Å². The van der Waals surface area contributed by atoms with Crippen LogP contribution in [0, 0.1) is 0 Å². The van der Waals surface area contributed by atoms with Crippen molar-refractivity contribution < 1.29 is 14.4 Å². The SMILES string of the molecule is C=CCC(C)(C)P(=O)(O)O. The van der Waals surface area contributed by atoms with Crippen molar-refractivity contribution in [1.82, 2.24) is 0 Å². The Morgan fingerprint density at radius 3 is 2.10 bits per heavy atom. The van der Waals surface area contributed by atoms with Gasteiger partial charge in [-0.3, -0.25) is 4.57 Å². The maximum absolute atomic E-state index is 10.7. The van der Waals surface area contributed by atoms with Crippen molar-refractivity contribution in [2.45, 2.75) is 25.4 Å². The topological polar surface area (TPSA) is 57.5 Å². The molecule has 0 fully saturated rings. The molecule has 0 heterocycles. The second-order valence-electron chi connectivity index (χ2n) is 2.85. The summed E-state index contributed by atoms with van der Waals surface area (Å²) in [6.45, 7) is 6.46. The lowest BCUT2D eigenvalue weighted by Gasteiger charge is -2.23. The van der Waals surface area contributed by atoms with Crippen molar-refractivity contribution in [3.63, 3.8) is 0 Å². The molecule has 4 heteroatoms. The molecule has 0 radical (unpaired) electrons. The van der Waals surface area contributed by atoms with Gasteiger partial charge in [-0.1, -0.05) is 6.08 Å². The molecule has 0 unspecified atom stereocenters. The van der Waals surface area contributed by atoms with Crippen LogP contribution in [0.5, 0.6) is 0 Å². The number of rotatable bonds is 3. The minimum atomic E-state index is -3.96. The van der Waals surface area contributed by atoms with Gasteiger partial charge in [0.2, 0.25) is 0 Å². The van der Waals surface area contributed by atoms with Gasteiger partial charge in [-0.25, -0.2) is 0 Å². The van der Waals surface area contributed by atoms with E-state index < -0.39 is 12.8 Å². The molecular formula is C6H13O3P. The first-order chi connectivity index (χ1) is 4.31. The molecule has 10 heavy (non-hydrogen) atoms. The van der Waals surface area contributed by atoms with Crippen molar-refractivity contribution in [3.8, 4) is 0 Å². The van der Waals surface area contributed by atoms with Crippen LogP contribution in [0.1, 0.15) is 20.3 Å². The summed E-state index contributed by atoms with van der Waals surface area (Å²) in [5.74, 6) is 0. The summed E-state index contributed by atoms with van der Waals surface area (Å²) in [5.41, 5.74) is 0. The Morgan fingerprint density at radius 1 is 1.60 bits per heavy atom. The third kappa shape index (κ3) is 2.25. The molecule has 0 aromatic heterocycles. The highest BCUT2D eigenvalue weighted by Crippen LogP contribution is 2.51. The Balaban J connectivity index is 4.40. The van der Waals surface area contributed by atoms with Gasteiger partial charge in [0.25, 0.3) is 0 Å². The van der Waals surface area contributed by atoms with E-state index in [4.69, 9.17) is 9.79 Å². The zero-order valence-electron chi connectivity index (χ0n) is 6.24. The van der Waals surface area contributed by atoms with Gasteiger partial charge in [-0.05, 0) is 20.3 Å². The van der Waals surface area contributed by atoms with Crippen LogP contribution in [-0.4, -0.2) is 14.9 Å². The van der Waals surface area contributed by atoms with E-state index in [1.54, 1.807) is 0 Å². The Morgan fingerprint density at radius 2 is 2.00 bits per heavy atom. The van der Waals surface area contributed by atoms with Gasteiger partial charge in [0.05, 0.1) is 5.16 Å². The summed E-state index contributed by atoms with van der Waals surface area (Å²) in [6.07, 6.45) is 1.84. The molecular weight excluding hydrogens is 151 g/mol. The van der Waals surface area contributed by atoms with Gasteiger partial charge < -0.3 is 9.79 Å². The van der Waals surface area contributed by atoms with Gasteiger partial charge in [-0.2, -0.15) is 0 Å². The third-order valence-electron chi connectivity index (χ3n) is 1.43. The molecule has 0 saturated carbocycles. The standard InChI is InChI=1S/C6H13O3P/c1-4-5-6(2,3)10(7,8)9/h4H,1,5H2,2-3H3,(H2,7,8,9). The quantitative estimate of drug-likeness (QED) is 0.491. The molecule has 0 saturated heterocycles. The fourth-order valence-corrected chi connectivity index (χ4v) is 0.839. The minimum absolute atomic E-state index is 0.331. The molecule has 60 valence electrons. The number of hydrogen-bond donors (Lipinski definition) is 2. The summed E-state index contributed by atoms with van der Waals surface area (Å²) in [4.78, 5) is 17.5. The highest BCUT2D eigenvalue weighted by Gasteiger charge is 2.35. The minimum Gasteiger partial charge on any atom is -0.324 e. The van der Waals surface area contributed by atoms with Gasteiger partial charge in [0.15, 0.2) is 0 Å². The molecule has 0 aliphatic rings. The zero-order valence-corrected chi connectivity index (χ0v) is 7.14. The number of allylic oxidation sites excluding steroid dienone is 1. The van der Waals surface area contributed by atoms with Gasteiger partial charge in [0, 0.05) is 0 Å². The van der Waals surface area contributed by atoms with E-state index in [0.29, 0.717) is 6.42 Å². The van der Waals surface area contributed by atoms with E-state index in [9.17, 15) is 4.57 Å². The van der Waals surface area contributed by atoms with E-state index in [-0.39, 0.29) is 0 Å². The van der Waals surface area contributed by atoms with Crippen LogP contribution in [0.3, 0.4) is 0 Å². The third-order valence-corrected chi connectivity index (χ3v) is 3.19. The lowest BCUT2D eigenvalue weighted by atomic mass is 10.1. The molecule has 2 N–H and O–H groups in total. The van der Waals surface area contributed by atoms with Gasteiger partial charge in [-0.15, -0.1) is 6.58 Å². The molecule has 3 nitrogen and oxygen atoms in total. The molecule has 0 aromatic rings. The highest BCUT2D eigenvalue weighted by molar-refractivity contribution is 7.53. The lowest BCUT2D eigenvalue weighted by molar-refractivity contribution is 0.336. The normalized spacial score (nSPS) is 13.2. The van der Waals surface area contributed by atoms with Crippen LogP contribution in [0.15, 0.2) is 12.7 Å². The second kappa shape index (κ2) is 2.87. The largest absolute Gasteiger partial charge is 0.331 e. The van der Waals surface area contributed by atoms with E-state index in [0.717, 1.165) is 0 Å². The predicted molar refractivity (Wildman–Crippen MR) is 40.9 cm³/mol. The number of hydrogen-bond acceptors (Lipinski definition) is 1. The van der Waals surface area contributed by atoms with Gasteiger partial charge >= 0.3 is 7.60 Å². The summed E-state index contributed by atoms with van der Waals surface area (Å²) in [7, 11) is -3.96. The summed E-state index contributed by atoms with van der Waals surface area (Å²) < 4.78 is 10.7. The van der Waals surface area contributed by atoms with E-state index in [1.807, 2.05) is 0 Å². The maximum Gasteiger partial charge on any atom is 0.331 e. The van der Waals surface area contributed by atoms with Crippen LogP contribution in [0.25, 0.3) is 0 Å². The monoisotopic (exact) mass is 164 g/mol. The van der Waals surface area contributed by atoms with E-state index >= 15 is 0 Å². The Labute approximate surface area is 60.9 Å². The molecule has 0 amide bonds. The molecule has 0 aliphatic heterocycles. The zero-order chi connectivity index (χ0) is 8.41. The smallest absolute Gasteiger partial charge is 0.324 e. The molecule has 0 bridgehead atoms. The van der Waals surface area contributed by atoms with Crippen LogP contribution < -0.4 is 0 Å². The van der Waals surface area contributed by atoms with Crippen molar-refractivity contribution >= 4 is 7.60 Å². The lowest BCUT2D eigenvalue weighted by Crippen LogP contribution is -2.18. The Bertz CT molecular complexity index is 168. The molecule has 0 rings (SSSR count). The van der Waals surface area contributed by atoms with Crippen molar-refractivity contribution in [2.75, 3.05) is 0 Å². The molecule has 0 aromatic carbocycles. The molecule has 0 atom stereocenters. The van der Waals surface area contributed by atoms with E-state index in [2.05, 4.69) is 6.58 Å². The van der Waals surface area contributed by atoms with Crippen molar-refractivity contribution in [2.24, 2.45) is 0 Å². The Kier molecular flexibility index (Phi) is 2.84. The average molecular weight is 164 g/mol. The summed E-state index contributed by atoms with van der Waals surface area (Å²) in [6, 6.07) is 0. The summed E-state index contributed by atoms with van der Waals surface area (Å²) in [5, 5.41) is -0.964. The predicted octanol–water partition coefficient (Wildman–Crippen LogP) is 1.52. The van der Waals surface area contributed by atoms with Gasteiger partial charge in [0.1, 0.15) is 0 Å². The first kappa shape index (κ1) is 9.89. The van der Waals surface area contributed by atoms with Crippen LogP contribution in [0.2, 0.25) is 0 Å². The maximum atomic E-state index is 10.7. The van der Waals surface area contributed by atoms with Crippen molar-refractivity contribution in [1.29, 1.82) is 0 Å². The molecule has 0 aliphatic carbocycles. The Hall–Kier alpha value is -0.110. The molecule has 0 spiro atoms.